The van der Waals surface area contributed by atoms with Gasteiger partial charge in [0.1, 0.15) is 5.82 Å². The van der Waals surface area contributed by atoms with Crippen molar-refractivity contribution < 1.29 is 9.23 Å². The van der Waals surface area contributed by atoms with Gasteiger partial charge in [-0.1, -0.05) is 26.0 Å². The van der Waals surface area contributed by atoms with Crippen LogP contribution in [-0.4, -0.2) is 6.61 Å². The van der Waals surface area contributed by atoms with Gasteiger partial charge in [-0.05, 0) is 24.1 Å². The largest absolute Gasteiger partial charge is 0.304 e. The highest BCUT2D eigenvalue weighted by Gasteiger charge is 2.24. The molecule has 0 unspecified atom stereocenters. The van der Waals surface area contributed by atoms with Crippen LogP contribution in [0.4, 0.5) is 4.39 Å². The quantitative estimate of drug-likeness (QED) is 0.754. The van der Waals surface area contributed by atoms with Gasteiger partial charge in [0.25, 0.3) is 0 Å². The molecule has 0 heterocycles. The van der Waals surface area contributed by atoms with Crippen LogP contribution in [0.15, 0.2) is 18.2 Å². The lowest BCUT2D eigenvalue weighted by atomic mass is 9.85. The van der Waals surface area contributed by atoms with Crippen LogP contribution in [0.5, 0.6) is 0 Å². The first-order valence-corrected chi connectivity index (χ1v) is 4.55. The van der Waals surface area contributed by atoms with Gasteiger partial charge in [-0.3, -0.25) is 0 Å². The van der Waals surface area contributed by atoms with Crippen LogP contribution in [0.1, 0.15) is 25.0 Å². The van der Waals surface area contributed by atoms with E-state index in [1.165, 1.54) is 6.07 Å². The average molecular weight is 197 g/mol. The molecule has 0 saturated carbocycles. The molecule has 0 bridgehead atoms. The Bertz CT molecular complexity index is 323. The topological polar surface area (TPSA) is 35.2 Å². The van der Waals surface area contributed by atoms with E-state index in [1.54, 1.807) is 6.07 Å². The molecule has 0 amide bonds. The highest BCUT2D eigenvalue weighted by atomic mass is 19.1. The number of halogens is 1. The third-order valence-corrected chi connectivity index (χ3v) is 2.30. The molecule has 14 heavy (non-hydrogen) atoms. The zero-order chi connectivity index (χ0) is 10.8. The molecule has 0 fully saturated rings. The van der Waals surface area contributed by atoms with E-state index in [2.05, 4.69) is 4.84 Å². The number of hydrogen-bond acceptors (Lipinski definition) is 2. The summed E-state index contributed by atoms with van der Waals surface area (Å²) in [5.74, 6) is 4.81. The highest BCUT2D eigenvalue weighted by molar-refractivity contribution is 5.29. The Balaban J connectivity index is 3.06. The first-order valence-electron chi connectivity index (χ1n) is 4.55. The third kappa shape index (κ3) is 2.30. The molecule has 1 rings (SSSR count). The van der Waals surface area contributed by atoms with E-state index in [-0.39, 0.29) is 5.82 Å². The molecule has 0 aromatic heterocycles. The average Bonchev–Trinajstić information content (AvgIpc) is 2.02. The van der Waals surface area contributed by atoms with Gasteiger partial charge in [0, 0.05) is 5.41 Å². The molecule has 0 aliphatic rings. The SMILES string of the molecule is Cc1ccc(C(C)(C)CON)c(F)c1. The summed E-state index contributed by atoms with van der Waals surface area (Å²) in [4.78, 5) is 4.58. The molecule has 1 aromatic carbocycles. The zero-order valence-corrected chi connectivity index (χ0v) is 8.80. The monoisotopic (exact) mass is 197 g/mol. The van der Waals surface area contributed by atoms with Crippen LogP contribution in [0.2, 0.25) is 0 Å². The van der Waals surface area contributed by atoms with Crippen molar-refractivity contribution in [2.45, 2.75) is 26.2 Å². The number of hydrogen-bond donors (Lipinski definition) is 1. The maximum Gasteiger partial charge on any atom is 0.127 e. The second-order valence-corrected chi connectivity index (χ2v) is 4.18. The van der Waals surface area contributed by atoms with E-state index in [0.29, 0.717) is 12.2 Å². The van der Waals surface area contributed by atoms with Gasteiger partial charge in [-0.25, -0.2) is 10.3 Å². The minimum atomic E-state index is -0.396. The smallest absolute Gasteiger partial charge is 0.127 e. The number of benzene rings is 1. The zero-order valence-electron chi connectivity index (χ0n) is 8.80. The number of rotatable bonds is 3. The molecule has 0 aliphatic heterocycles. The fourth-order valence-electron chi connectivity index (χ4n) is 1.46. The van der Waals surface area contributed by atoms with Gasteiger partial charge < -0.3 is 4.84 Å². The summed E-state index contributed by atoms with van der Waals surface area (Å²) in [7, 11) is 0. The summed E-state index contributed by atoms with van der Waals surface area (Å²) in [5, 5.41) is 0. The predicted molar refractivity (Wildman–Crippen MR) is 54.3 cm³/mol. The van der Waals surface area contributed by atoms with E-state index in [4.69, 9.17) is 5.90 Å². The molecule has 78 valence electrons. The van der Waals surface area contributed by atoms with Gasteiger partial charge >= 0.3 is 0 Å². The Labute approximate surface area is 83.8 Å². The fraction of sp³-hybridized carbons (Fsp3) is 0.455. The Kier molecular flexibility index (Phi) is 3.24. The van der Waals surface area contributed by atoms with Crippen LogP contribution in [0.25, 0.3) is 0 Å². The van der Waals surface area contributed by atoms with Crippen molar-refractivity contribution in [3.63, 3.8) is 0 Å². The lowest BCUT2D eigenvalue weighted by molar-refractivity contribution is 0.0951. The lowest BCUT2D eigenvalue weighted by Crippen LogP contribution is -2.27. The van der Waals surface area contributed by atoms with Gasteiger partial charge in [0.2, 0.25) is 0 Å². The van der Waals surface area contributed by atoms with E-state index in [1.807, 2.05) is 26.8 Å². The molecule has 0 saturated heterocycles. The molecule has 0 radical (unpaired) electrons. The summed E-state index contributed by atoms with van der Waals surface area (Å²) < 4.78 is 13.6. The lowest BCUT2D eigenvalue weighted by Gasteiger charge is -2.24. The van der Waals surface area contributed by atoms with Gasteiger partial charge in [0.15, 0.2) is 0 Å². The van der Waals surface area contributed by atoms with E-state index >= 15 is 0 Å². The molecule has 0 spiro atoms. The van der Waals surface area contributed by atoms with Crippen molar-refractivity contribution in [3.8, 4) is 0 Å². The molecule has 3 heteroatoms. The molecule has 2 nitrogen and oxygen atoms in total. The van der Waals surface area contributed by atoms with E-state index in [0.717, 1.165) is 5.56 Å². The maximum atomic E-state index is 13.6. The number of aryl methyl sites for hydroxylation is 1. The molecule has 1 aromatic rings. The fourth-order valence-corrected chi connectivity index (χ4v) is 1.46. The first-order chi connectivity index (χ1) is 6.47. The Morgan fingerprint density at radius 3 is 2.57 bits per heavy atom. The van der Waals surface area contributed by atoms with Crippen LogP contribution in [0, 0.1) is 12.7 Å². The summed E-state index contributed by atoms with van der Waals surface area (Å²) in [6.07, 6.45) is 0. The Hall–Kier alpha value is -0.930. The minimum Gasteiger partial charge on any atom is -0.304 e. The normalized spacial score (nSPS) is 11.8. The molecular weight excluding hydrogens is 181 g/mol. The maximum absolute atomic E-state index is 13.6. The van der Waals surface area contributed by atoms with Crippen LogP contribution in [0.3, 0.4) is 0 Å². The van der Waals surface area contributed by atoms with Gasteiger partial charge in [0.05, 0.1) is 6.61 Å². The molecule has 0 atom stereocenters. The van der Waals surface area contributed by atoms with E-state index in [9.17, 15) is 4.39 Å². The number of nitrogens with two attached hydrogens (primary N) is 1. The van der Waals surface area contributed by atoms with Crippen LogP contribution >= 0.6 is 0 Å². The molecule has 2 N–H and O–H groups in total. The Morgan fingerprint density at radius 2 is 2.07 bits per heavy atom. The van der Waals surface area contributed by atoms with E-state index < -0.39 is 5.41 Å². The molecular formula is C11H16FNO. The second kappa shape index (κ2) is 4.07. The summed E-state index contributed by atoms with van der Waals surface area (Å²) in [5.41, 5.74) is 1.15. The second-order valence-electron chi connectivity index (χ2n) is 4.18. The van der Waals surface area contributed by atoms with Crippen LogP contribution < -0.4 is 5.90 Å². The standard InChI is InChI=1S/C11H16FNO/c1-8-4-5-9(10(12)6-8)11(2,3)7-14-13/h4-6H,7,13H2,1-3H3. The van der Waals surface area contributed by atoms with Gasteiger partial charge in [-0.2, -0.15) is 0 Å². The summed E-state index contributed by atoms with van der Waals surface area (Å²) >= 11 is 0. The van der Waals surface area contributed by atoms with Crippen molar-refractivity contribution in [3.05, 3.63) is 35.1 Å². The van der Waals surface area contributed by atoms with Crippen molar-refractivity contribution in [1.82, 2.24) is 0 Å². The molecule has 0 aliphatic carbocycles. The van der Waals surface area contributed by atoms with Crippen molar-refractivity contribution in [1.29, 1.82) is 0 Å². The highest BCUT2D eigenvalue weighted by Crippen LogP contribution is 2.26. The summed E-state index contributed by atoms with van der Waals surface area (Å²) in [6.45, 7) is 5.95. The summed E-state index contributed by atoms with van der Waals surface area (Å²) in [6, 6.07) is 5.19. The minimum absolute atomic E-state index is 0.202. The van der Waals surface area contributed by atoms with Crippen molar-refractivity contribution in [2.75, 3.05) is 6.61 Å². The Morgan fingerprint density at radius 1 is 1.43 bits per heavy atom. The first kappa shape index (κ1) is 11.1. The third-order valence-electron chi connectivity index (χ3n) is 2.30. The predicted octanol–water partition coefficient (Wildman–Crippen LogP) is 2.30. The van der Waals surface area contributed by atoms with Crippen LogP contribution in [-0.2, 0) is 10.3 Å². The van der Waals surface area contributed by atoms with Crippen molar-refractivity contribution in [2.24, 2.45) is 5.90 Å². The van der Waals surface area contributed by atoms with Gasteiger partial charge in [-0.15, -0.1) is 0 Å². The van der Waals surface area contributed by atoms with Crippen molar-refractivity contribution >= 4 is 0 Å².